The van der Waals surface area contributed by atoms with Gasteiger partial charge in [-0.25, -0.2) is 0 Å². The highest BCUT2D eigenvalue weighted by Gasteiger charge is 2.58. The largest absolute Gasteiger partial charge is 0.466 e. The quantitative estimate of drug-likeness (QED) is 0.374. The monoisotopic (exact) mass is 561 g/mol. The first-order valence-corrected chi connectivity index (χ1v) is 14.9. The maximum absolute atomic E-state index is 12.5. The van der Waals surface area contributed by atoms with E-state index in [0.29, 0.717) is 32.5 Å². The van der Waals surface area contributed by atoms with Crippen LogP contribution in [0.4, 0.5) is 0 Å². The van der Waals surface area contributed by atoms with Crippen LogP contribution in [0.1, 0.15) is 76.8 Å². The number of carbonyl (C=O) groups is 4. The van der Waals surface area contributed by atoms with E-state index < -0.39 is 11.0 Å². The molecule has 5 rings (SSSR count). The lowest BCUT2D eigenvalue weighted by atomic mass is 9.94. The molecule has 2 atom stereocenters. The summed E-state index contributed by atoms with van der Waals surface area (Å²) in [6.45, 7) is 7.29. The van der Waals surface area contributed by atoms with E-state index in [1.807, 2.05) is 74.5 Å². The van der Waals surface area contributed by atoms with Gasteiger partial charge in [-0.1, -0.05) is 74.5 Å². The number of carbonyl (C=O) groups excluding carboxylic acids is 4. The summed E-state index contributed by atoms with van der Waals surface area (Å²) in [5, 5.41) is 6.21. The van der Waals surface area contributed by atoms with Crippen LogP contribution < -0.4 is 10.6 Å². The second-order valence-corrected chi connectivity index (χ2v) is 11.4. The molecule has 2 aliphatic carbocycles. The van der Waals surface area contributed by atoms with E-state index in [9.17, 15) is 19.2 Å². The number of benzene rings is 2. The van der Waals surface area contributed by atoms with Crippen LogP contribution in [-0.4, -0.2) is 52.7 Å². The van der Waals surface area contributed by atoms with Crippen LogP contribution in [0.25, 0.3) is 0 Å². The lowest BCUT2D eigenvalue weighted by molar-refractivity contribution is -0.151. The van der Waals surface area contributed by atoms with Gasteiger partial charge in [0, 0.05) is 19.5 Å². The molecule has 0 aromatic heterocycles. The third-order valence-electron chi connectivity index (χ3n) is 8.31. The number of ketones is 1. The maximum Gasteiger partial charge on any atom is 0.312 e. The number of piperazine rings is 1. The smallest absolute Gasteiger partial charge is 0.312 e. The van der Waals surface area contributed by atoms with Gasteiger partial charge in [-0.3, -0.25) is 19.2 Å². The van der Waals surface area contributed by atoms with Gasteiger partial charge in [-0.15, -0.1) is 0 Å². The molecular formula is C33H43N3O5. The maximum atomic E-state index is 12.5. The standard InChI is InChI=1S/C18H25NO3.C15H18N2O2/c1-3-15(19-13-14-8-6-5-7-9-14)16(20)12-18(10-11-18)17(21)22-4-2;1-2-12-13(18)16-15(8-9-15)14(19)17(12)10-11-6-4-3-5-7-11/h5-9,15,19H,3-4,10-13H2,1-2H3;3-7,12H,2,8-10H2,1H3,(H,16,18)/t15-;12-/m01/s1. The highest BCUT2D eigenvalue weighted by Crippen LogP contribution is 2.50. The average Bonchev–Trinajstić information content (AvgIpc) is 3.92. The van der Waals surface area contributed by atoms with Gasteiger partial charge in [-0.05, 0) is 56.6 Å². The van der Waals surface area contributed by atoms with Crippen molar-refractivity contribution in [3.63, 3.8) is 0 Å². The average molecular weight is 562 g/mol. The molecular weight excluding hydrogens is 518 g/mol. The number of rotatable bonds is 12. The van der Waals surface area contributed by atoms with Crippen molar-refractivity contribution in [3.8, 4) is 0 Å². The Morgan fingerprint density at radius 3 is 2.07 bits per heavy atom. The molecule has 1 spiro atoms. The molecule has 1 saturated heterocycles. The molecule has 2 aromatic rings. The van der Waals surface area contributed by atoms with E-state index in [-0.39, 0.29) is 35.7 Å². The second kappa shape index (κ2) is 13.4. The Labute approximate surface area is 243 Å². The lowest BCUT2D eigenvalue weighted by Gasteiger charge is -2.39. The minimum Gasteiger partial charge on any atom is -0.466 e. The molecule has 41 heavy (non-hydrogen) atoms. The van der Waals surface area contributed by atoms with Gasteiger partial charge >= 0.3 is 5.97 Å². The van der Waals surface area contributed by atoms with Crippen molar-refractivity contribution in [2.24, 2.45) is 5.41 Å². The van der Waals surface area contributed by atoms with E-state index >= 15 is 0 Å². The zero-order chi connectivity index (χ0) is 29.5. The van der Waals surface area contributed by atoms with E-state index in [1.54, 1.807) is 11.8 Å². The Balaban J connectivity index is 0.000000191. The van der Waals surface area contributed by atoms with Gasteiger partial charge < -0.3 is 20.3 Å². The summed E-state index contributed by atoms with van der Waals surface area (Å²) < 4.78 is 5.10. The summed E-state index contributed by atoms with van der Waals surface area (Å²) in [4.78, 5) is 50.9. The van der Waals surface area contributed by atoms with Crippen LogP contribution in [0, 0.1) is 5.41 Å². The van der Waals surface area contributed by atoms with E-state index in [0.717, 1.165) is 43.2 Å². The summed E-state index contributed by atoms with van der Waals surface area (Å²) in [6, 6.07) is 19.3. The van der Waals surface area contributed by atoms with Crippen molar-refractivity contribution in [2.45, 2.75) is 96.4 Å². The van der Waals surface area contributed by atoms with Gasteiger partial charge in [0.15, 0.2) is 5.78 Å². The third-order valence-corrected chi connectivity index (χ3v) is 8.31. The van der Waals surface area contributed by atoms with Crippen LogP contribution in [0.2, 0.25) is 0 Å². The highest BCUT2D eigenvalue weighted by atomic mass is 16.5. The fourth-order valence-electron chi connectivity index (χ4n) is 5.43. The number of Topliss-reactive ketones (excluding diaryl/α,β-unsaturated/α-hetero) is 1. The molecule has 220 valence electrons. The summed E-state index contributed by atoms with van der Waals surface area (Å²) >= 11 is 0. The van der Waals surface area contributed by atoms with Crippen LogP contribution in [0.15, 0.2) is 60.7 Å². The van der Waals surface area contributed by atoms with E-state index in [1.165, 1.54) is 0 Å². The number of nitrogens with zero attached hydrogens (tertiary/aromatic N) is 1. The SMILES string of the molecule is CCOC(=O)C1(CC(=O)[C@H](CC)NCc2ccccc2)CC1.CC[C@@H]1C(=O)NC2(CC2)C(=O)N1Cc1ccccc1. The first-order chi connectivity index (χ1) is 19.8. The normalized spacial score (nSPS) is 20.4. The summed E-state index contributed by atoms with van der Waals surface area (Å²) in [5.41, 5.74) is 1.12. The molecule has 0 radical (unpaired) electrons. The molecule has 8 heteroatoms. The molecule has 2 aromatic carbocycles. The van der Waals surface area contributed by atoms with Crippen molar-refractivity contribution in [1.29, 1.82) is 0 Å². The minimum absolute atomic E-state index is 0.00414. The second-order valence-electron chi connectivity index (χ2n) is 11.4. The number of hydrogen-bond donors (Lipinski definition) is 2. The highest BCUT2D eigenvalue weighted by molar-refractivity contribution is 6.01. The number of nitrogens with one attached hydrogen (secondary N) is 2. The molecule has 2 amide bonds. The summed E-state index contributed by atoms with van der Waals surface area (Å²) in [7, 11) is 0. The predicted molar refractivity (Wildman–Crippen MR) is 156 cm³/mol. The molecule has 0 unspecified atom stereocenters. The van der Waals surface area contributed by atoms with Gasteiger partial charge in [0.1, 0.15) is 11.6 Å². The number of hydrogen-bond acceptors (Lipinski definition) is 6. The molecule has 1 heterocycles. The molecule has 8 nitrogen and oxygen atoms in total. The first-order valence-electron chi connectivity index (χ1n) is 14.9. The molecule has 3 aliphatic rings. The van der Waals surface area contributed by atoms with Crippen molar-refractivity contribution in [3.05, 3.63) is 71.8 Å². The number of amides is 2. The Bertz CT molecular complexity index is 1210. The van der Waals surface area contributed by atoms with E-state index in [2.05, 4.69) is 10.6 Å². The Hall–Kier alpha value is -3.52. The Morgan fingerprint density at radius 1 is 0.951 bits per heavy atom. The fourth-order valence-corrected chi connectivity index (χ4v) is 5.43. The van der Waals surface area contributed by atoms with Crippen LogP contribution in [0.5, 0.6) is 0 Å². The molecule has 3 fully saturated rings. The van der Waals surface area contributed by atoms with Crippen LogP contribution in [-0.2, 0) is 37.0 Å². The van der Waals surface area contributed by atoms with Crippen molar-refractivity contribution < 1.29 is 23.9 Å². The van der Waals surface area contributed by atoms with E-state index in [4.69, 9.17) is 4.74 Å². The third kappa shape index (κ3) is 7.41. The summed E-state index contributed by atoms with van der Waals surface area (Å²) in [5.74, 6) is -0.0106. The van der Waals surface area contributed by atoms with Crippen molar-refractivity contribution in [2.75, 3.05) is 6.61 Å². The first kappa shape index (κ1) is 30.4. The Morgan fingerprint density at radius 2 is 1.56 bits per heavy atom. The van der Waals surface area contributed by atoms with Crippen molar-refractivity contribution in [1.82, 2.24) is 15.5 Å². The van der Waals surface area contributed by atoms with Crippen molar-refractivity contribution >= 4 is 23.6 Å². The number of ether oxygens (including phenoxy) is 1. The van der Waals surface area contributed by atoms with Gasteiger partial charge in [0.25, 0.3) is 0 Å². The minimum atomic E-state index is -0.572. The number of esters is 1. The molecule has 2 saturated carbocycles. The topological polar surface area (TPSA) is 105 Å². The zero-order valence-electron chi connectivity index (χ0n) is 24.5. The zero-order valence-corrected chi connectivity index (χ0v) is 24.5. The van der Waals surface area contributed by atoms with Crippen LogP contribution in [0.3, 0.4) is 0 Å². The molecule has 2 N–H and O–H groups in total. The van der Waals surface area contributed by atoms with Crippen LogP contribution >= 0.6 is 0 Å². The molecule has 1 aliphatic heterocycles. The Kier molecular flexibility index (Phi) is 9.97. The van der Waals surface area contributed by atoms with Gasteiger partial charge in [-0.2, -0.15) is 0 Å². The van der Waals surface area contributed by atoms with Gasteiger partial charge in [0.05, 0.1) is 18.1 Å². The lowest BCUT2D eigenvalue weighted by Crippen LogP contribution is -2.64. The van der Waals surface area contributed by atoms with Gasteiger partial charge in [0.2, 0.25) is 11.8 Å². The predicted octanol–water partition coefficient (Wildman–Crippen LogP) is 4.31. The molecule has 0 bridgehead atoms. The summed E-state index contributed by atoms with van der Waals surface area (Å²) in [6.07, 6.45) is 4.77. The fraction of sp³-hybridized carbons (Fsp3) is 0.515.